The number of carboxylic acid groups (broad SMARTS) is 1. The summed E-state index contributed by atoms with van der Waals surface area (Å²) in [5.74, 6) is -2.56. The van der Waals surface area contributed by atoms with Crippen LogP contribution in [-0.4, -0.2) is 67.6 Å². The van der Waals surface area contributed by atoms with Gasteiger partial charge >= 0.3 is 5.97 Å². The fourth-order valence-electron chi connectivity index (χ4n) is 4.87. The molecular formula is C28H38O8. The van der Waals surface area contributed by atoms with Gasteiger partial charge in [-0.25, -0.2) is 0 Å². The first-order valence-electron chi connectivity index (χ1n) is 12.2. The van der Waals surface area contributed by atoms with Gasteiger partial charge in [0.25, 0.3) is 0 Å². The Balaban J connectivity index is 1.88. The number of hydrogen-bond acceptors (Lipinski definition) is 7. The van der Waals surface area contributed by atoms with Crippen molar-refractivity contribution in [2.75, 3.05) is 6.61 Å². The molecule has 8 nitrogen and oxygen atoms in total. The predicted molar refractivity (Wildman–Crippen MR) is 134 cm³/mol. The Morgan fingerprint density at radius 2 is 1.89 bits per heavy atom. The van der Waals surface area contributed by atoms with Gasteiger partial charge in [-0.3, -0.25) is 4.79 Å². The summed E-state index contributed by atoms with van der Waals surface area (Å²) in [5, 5.41) is 51.9. The summed E-state index contributed by atoms with van der Waals surface area (Å²) in [6.45, 7) is 10.5. The van der Waals surface area contributed by atoms with Gasteiger partial charge < -0.3 is 35.0 Å². The smallest absolute Gasteiger partial charge is 0.303 e. The number of benzene rings is 1. The topological polar surface area (TPSA) is 137 Å². The maximum Gasteiger partial charge on any atom is 0.303 e. The van der Waals surface area contributed by atoms with Crippen molar-refractivity contribution in [3.63, 3.8) is 0 Å². The number of aliphatic carboxylic acids is 1. The number of fused-ring (bicyclic) bond motifs is 2. The van der Waals surface area contributed by atoms with Crippen molar-refractivity contribution < 1.29 is 39.8 Å². The molecule has 2 aliphatic heterocycles. The minimum absolute atomic E-state index is 0.109. The van der Waals surface area contributed by atoms with Crippen molar-refractivity contribution in [2.24, 2.45) is 0 Å². The Morgan fingerprint density at radius 1 is 1.19 bits per heavy atom. The van der Waals surface area contributed by atoms with Crippen LogP contribution < -0.4 is 0 Å². The lowest BCUT2D eigenvalue weighted by Crippen LogP contribution is -2.70. The van der Waals surface area contributed by atoms with Gasteiger partial charge in [0.05, 0.1) is 12.2 Å². The molecule has 2 bridgehead atoms. The van der Waals surface area contributed by atoms with Gasteiger partial charge in [0.2, 0.25) is 5.79 Å². The molecule has 2 heterocycles. The van der Waals surface area contributed by atoms with E-state index in [0.717, 1.165) is 22.3 Å². The first-order chi connectivity index (χ1) is 16.8. The Kier molecular flexibility index (Phi) is 8.30. The summed E-state index contributed by atoms with van der Waals surface area (Å²) < 4.78 is 12.1. The molecule has 0 amide bonds. The summed E-state index contributed by atoms with van der Waals surface area (Å²) in [7, 11) is 0. The highest BCUT2D eigenvalue weighted by Crippen LogP contribution is 2.53. The van der Waals surface area contributed by atoms with Crippen LogP contribution in [0.15, 0.2) is 54.2 Å². The van der Waals surface area contributed by atoms with E-state index >= 15 is 0 Å². The molecular weight excluding hydrogens is 464 g/mol. The summed E-state index contributed by atoms with van der Waals surface area (Å²) >= 11 is 0. The molecule has 0 radical (unpaired) electrons. The van der Waals surface area contributed by atoms with Crippen LogP contribution in [0.2, 0.25) is 0 Å². The van der Waals surface area contributed by atoms with Crippen molar-refractivity contribution in [3.05, 3.63) is 70.8 Å². The van der Waals surface area contributed by atoms with Gasteiger partial charge in [-0.1, -0.05) is 42.5 Å². The lowest BCUT2D eigenvalue weighted by atomic mass is 9.75. The molecule has 5 atom stereocenters. The van der Waals surface area contributed by atoms with Gasteiger partial charge in [-0.2, -0.15) is 0 Å². The third kappa shape index (κ3) is 5.20. The maximum atomic E-state index is 10.9. The number of aliphatic hydroxyl groups is 4. The van der Waals surface area contributed by atoms with Crippen molar-refractivity contribution in [3.8, 4) is 0 Å². The quantitative estimate of drug-likeness (QED) is 0.308. The highest BCUT2D eigenvalue weighted by atomic mass is 16.8. The molecule has 0 aliphatic carbocycles. The number of rotatable bonds is 10. The van der Waals surface area contributed by atoms with Crippen LogP contribution in [0.5, 0.6) is 0 Å². The van der Waals surface area contributed by atoms with Crippen LogP contribution in [0.1, 0.15) is 56.7 Å². The van der Waals surface area contributed by atoms with Crippen LogP contribution in [0.4, 0.5) is 0 Å². The van der Waals surface area contributed by atoms with Gasteiger partial charge in [-0.05, 0) is 69.7 Å². The number of aliphatic hydroxyl groups excluding tert-OH is 3. The third-order valence-electron chi connectivity index (χ3n) is 7.31. The Morgan fingerprint density at radius 3 is 2.50 bits per heavy atom. The largest absolute Gasteiger partial charge is 0.481 e. The SMILES string of the molecule is C=C/C(=C\C=C(/C)Cc1cc([C@]23OC[C@](C(C)(C)O)(O2)[C@@H](O)[C@H](O)[C@H]3O)ccc1C)CCCC(=O)O. The van der Waals surface area contributed by atoms with Crippen molar-refractivity contribution >= 4 is 5.97 Å². The number of carbonyl (C=O) groups is 1. The average molecular weight is 503 g/mol. The highest BCUT2D eigenvalue weighted by Gasteiger charge is 2.71. The second-order valence-electron chi connectivity index (χ2n) is 10.4. The molecule has 1 aromatic rings. The Bertz CT molecular complexity index is 1050. The first kappa shape index (κ1) is 28.2. The lowest BCUT2D eigenvalue weighted by Gasteiger charge is -2.50. The normalized spacial score (nSPS) is 30.9. The van der Waals surface area contributed by atoms with E-state index in [4.69, 9.17) is 14.6 Å². The molecule has 8 heteroatoms. The molecule has 1 aromatic carbocycles. The highest BCUT2D eigenvalue weighted by molar-refractivity contribution is 5.66. The monoisotopic (exact) mass is 502 g/mol. The maximum absolute atomic E-state index is 10.9. The van der Waals surface area contributed by atoms with E-state index in [9.17, 15) is 25.2 Å². The van der Waals surface area contributed by atoms with Crippen LogP contribution >= 0.6 is 0 Å². The van der Waals surface area contributed by atoms with E-state index in [-0.39, 0.29) is 13.0 Å². The molecule has 3 rings (SSSR count). The molecule has 0 aromatic heterocycles. The van der Waals surface area contributed by atoms with E-state index in [1.54, 1.807) is 12.1 Å². The number of hydrogen-bond donors (Lipinski definition) is 5. The standard InChI is InChI=1S/C28H38O8/c1-6-19(8-7-9-22(29)30)12-10-17(2)14-20-15-21(13-11-18(20)3)28-25(33)23(31)24(32)27(36-28,16-35-28)26(4,5)34/h6,10-13,15,23-25,31-34H,1,7-9,14,16H2,2-5H3,(H,29,30)/b17-10+,19-12+/t23-,24-,25+,27-,28-/m0/s1. The summed E-state index contributed by atoms with van der Waals surface area (Å²) in [5.41, 5.74) is 1.28. The lowest BCUT2D eigenvalue weighted by molar-refractivity contribution is -0.348. The summed E-state index contributed by atoms with van der Waals surface area (Å²) in [4.78, 5) is 10.8. The number of ether oxygens (including phenoxy) is 2. The average Bonchev–Trinajstić information content (AvgIpc) is 3.21. The van der Waals surface area contributed by atoms with Gasteiger partial charge in [0.1, 0.15) is 18.3 Å². The van der Waals surface area contributed by atoms with Crippen LogP contribution in [0.3, 0.4) is 0 Å². The first-order valence-corrected chi connectivity index (χ1v) is 12.2. The fourth-order valence-corrected chi connectivity index (χ4v) is 4.87. The van der Waals surface area contributed by atoms with Gasteiger partial charge in [0.15, 0.2) is 5.60 Å². The van der Waals surface area contributed by atoms with Crippen molar-refractivity contribution in [2.45, 2.75) is 88.7 Å². The second kappa shape index (κ2) is 10.6. The number of allylic oxidation sites excluding steroid dienone is 5. The molecule has 5 N–H and O–H groups in total. The van der Waals surface area contributed by atoms with Crippen molar-refractivity contribution in [1.29, 1.82) is 0 Å². The second-order valence-corrected chi connectivity index (χ2v) is 10.4. The van der Waals surface area contributed by atoms with E-state index in [2.05, 4.69) is 6.58 Å². The van der Waals surface area contributed by atoms with Crippen LogP contribution in [0.25, 0.3) is 0 Å². The van der Waals surface area contributed by atoms with Crippen LogP contribution in [0, 0.1) is 6.92 Å². The zero-order chi connectivity index (χ0) is 26.9. The molecule has 2 fully saturated rings. The third-order valence-corrected chi connectivity index (χ3v) is 7.31. The van der Waals surface area contributed by atoms with Gasteiger partial charge in [-0.15, -0.1) is 0 Å². The van der Waals surface area contributed by atoms with Crippen molar-refractivity contribution in [1.82, 2.24) is 0 Å². The predicted octanol–water partition coefficient (Wildman–Crippen LogP) is 2.66. The molecule has 0 spiro atoms. The molecule has 198 valence electrons. The fraction of sp³-hybridized carbons (Fsp3) is 0.536. The van der Waals surface area contributed by atoms with E-state index in [0.29, 0.717) is 24.8 Å². The summed E-state index contributed by atoms with van der Waals surface area (Å²) in [6.07, 6.45) is 2.81. The number of aryl methyl sites for hydroxylation is 1. The molecule has 36 heavy (non-hydrogen) atoms. The molecule has 2 saturated heterocycles. The van der Waals surface area contributed by atoms with E-state index < -0.39 is 41.3 Å². The Labute approximate surface area is 212 Å². The Hall–Kier alpha value is -2.33. The van der Waals surface area contributed by atoms with E-state index in [1.807, 2.05) is 38.1 Å². The van der Waals surface area contributed by atoms with Gasteiger partial charge in [0, 0.05) is 12.0 Å². The molecule has 0 saturated carbocycles. The minimum atomic E-state index is -1.74. The zero-order valence-corrected chi connectivity index (χ0v) is 21.4. The minimum Gasteiger partial charge on any atom is -0.481 e. The summed E-state index contributed by atoms with van der Waals surface area (Å²) in [6, 6.07) is 5.49. The number of carboxylic acids is 1. The zero-order valence-electron chi connectivity index (χ0n) is 21.4. The molecule has 2 aliphatic rings. The van der Waals surface area contributed by atoms with Crippen LogP contribution in [-0.2, 0) is 26.5 Å². The van der Waals surface area contributed by atoms with E-state index in [1.165, 1.54) is 13.8 Å². The molecule has 0 unspecified atom stereocenters.